The van der Waals surface area contributed by atoms with Gasteiger partial charge in [-0.05, 0) is 18.2 Å². The molecule has 0 unspecified atom stereocenters. The summed E-state index contributed by atoms with van der Waals surface area (Å²) in [6, 6.07) is 1.86. The summed E-state index contributed by atoms with van der Waals surface area (Å²) < 4.78 is 53.3. The van der Waals surface area contributed by atoms with Gasteiger partial charge >= 0.3 is 6.18 Å². The van der Waals surface area contributed by atoms with Crippen LogP contribution in [0.5, 0.6) is 0 Å². The zero-order valence-electron chi connectivity index (χ0n) is 13.3. The topological polar surface area (TPSA) is 35.5 Å². The first-order valence-electron chi connectivity index (χ1n) is 7.59. The van der Waals surface area contributed by atoms with E-state index in [-0.39, 0.29) is 12.2 Å². The van der Waals surface area contributed by atoms with E-state index in [1.807, 2.05) is 4.90 Å². The van der Waals surface area contributed by atoms with Crippen molar-refractivity contribution in [2.75, 3.05) is 32.8 Å². The Labute approximate surface area is 133 Å². The molecule has 0 aromatic heterocycles. The van der Waals surface area contributed by atoms with Crippen molar-refractivity contribution < 1.29 is 22.7 Å². The molecule has 0 radical (unpaired) electrons. The van der Waals surface area contributed by atoms with Gasteiger partial charge in [0, 0.05) is 49.8 Å². The molecule has 1 aliphatic rings. The summed E-state index contributed by atoms with van der Waals surface area (Å²) in [6.45, 7) is 5.75. The first kappa shape index (κ1) is 18.2. The van der Waals surface area contributed by atoms with Crippen LogP contribution >= 0.6 is 0 Å². The highest BCUT2D eigenvalue weighted by molar-refractivity contribution is 5.31. The molecule has 0 aliphatic carbocycles. The fourth-order valence-corrected chi connectivity index (χ4v) is 3.07. The van der Waals surface area contributed by atoms with Crippen molar-refractivity contribution in [3.05, 3.63) is 35.1 Å². The molecule has 1 heterocycles. The number of nitrogens with zero attached hydrogens (tertiary/aromatic N) is 1. The minimum atomic E-state index is -4.53. The summed E-state index contributed by atoms with van der Waals surface area (Å²) in [4.78, 5) is 1.94. The van der Waals surface area contributed by atoms with Gasteiger partial charge in [0.1, 0.15) is 5.82 Å². The van der Waals surface area contributed by atoms with Gasteiger partial charge in [-0.1, -0.05) is 13.8 Å². The van der Waals surface area contributed by atoms with Crippen LogP contribution in [0.4, 0.5) is 17.6 Å². The Balaban J connectivity index is 2.50. The van der Waals surface area contributed by atoms with E-state index in [2.05, 4.69) is 5.32 Å². The Morgan fingerprint density at radius 2 is 1.83 bits per heavy atom. The monoisotopic (exact) mass is 334 g/mol. The number of piperazine rings is 1. The molecule has 130 valence electrons. The third-order valence-electron chi connectivity index (χ3n) is 4.28. The minimum Gasteiger partial charge on any atom is -0.396 e. The first-order chi connectivity index (χ1) is 10.7. The lowest BCUT2D eigenvalue weighted by atomic mass is 9.79. The van der Waals surface area contributed by atoms with Gasteiger partial charge in [0.2, 0.25) is 0 Å². The van der Waals surface area contributed by atoms with E-state index in [9.17, 15) is 22.7 Å². The average molecular weight is 334 g/mol. The molecule has 2 rings (SSSR count). The maximum atomic E-state index is 14.3. The smallest absolute Gasteiger partial charge is 0.396 e. The van der Waals surface area contributed by atoms with Crippen molar-refractivity contribution >= 4 is 0 Å². The van der Waals surface area contributed by atoms with Crippen LogP contribution < -0.4 is 5.32 Å². The standard InChI is InChI=1S/C16H22F4N2O/c1-15(2,10-23)14(22-7-5-21-6-8-22)12-9-11(16(18,19)20)3-4-13(12)17/h3-4,9,14,21,23H,5-8,10H2,1-2H3/t14-/m1/s1. The number of benzene rings is 1. The summed E-state index contributed by atoms with van der Waals surface area (Å²) in [7, 11) is 0. The maximum absolute atomic E-state index is 14.3. The lowest BCUT2D eigenvalue weighted by Gasteiger charge is -2.43. The predicted octanol–water partition coefficient (Wildman–Crippen LogP) is 2.81. The van der Waals surface area contributed by atoms with Gasteiger partial charge in [-0.15, -0.1) is 0 Å². The molecule has 0 spiro atoms. The van der Waals surface area contributed by atoms with Crippen molar-refractivity contribution in [2.45, 2.75) is 26.1 Å². The number of hydrogen-bond acceptors (Lipinski definition) is 3. The second-order valence-corrected chi connectivity index (χ2v) is 6.57. The molecule has 1 aromatic rings. The Bertz CT molecular complexity index is 539. The molecule has 7 heteroatoms. The molecule has 3 nitrogen and oxygen atoms in total. The molecule has 1 aliphatic heterocycles. The lowest BCUT2D eigenvalue weighted by molar-refractivity contribution is -0.137. The summed E-state index contributed by atoms with van der Waals surface area (Å²) in [5.41, 5.74) is -1.66. The van der Waals surface area contributed by atoms with Gasteiger partial charge < -0.3 is 10.4 Å². The largest absolute Gasteiger partial charge is 0.416 e. The molecule has 2 N–H and O–H groups in total. The molecule has 0 saturated carbocycles. The van der Waals surface area contributed by atoms with Crippen molar-refractivity contribution in [2.24, 2.45) is 5.41 Å². The highest BCUT2D eigenvalue weighted by Crippen LogP contribution is 2.41. The summed E-state index contributed by atoms with van der Waals surface area (Å²) in [6.07, 6.45) is -4.53. The fraction of sp³-hybridized carbons (Fsp3) is 0.625. The number of aliphatic hydroxyl groups excluding tert-OH is 1. The SMILES string of the molecule is CC(C)(CO)[C@@H](c1cc(C(F)(F)F)ccc1F)N1CCNCC1. The Hall–Kier alpha value is -1.18. The number of rotatable bonds is 4. The van der Waals surface area contributed by atoms with Crippen LogP contribution in [-0.2, 0) is 6.18 Å². The van der Waals surface area contributed by atoms with Crippen molar-refractivity contribution in [3.8, 4) is 0 Å². The van der Waals surface area contributed by atoms with E-state index in [1.54, 1.807) is 13.8 Å². The van der Waals surface area contributed by atoms with Crippen LogP contribution in [0, 0.1) is 11.2 Å². The van der Waals surface area contributed by atoms with Gasteiger partial charge in [-0.25, -0.2) is 4.39 Å². The van der Waals surface area contributed by atoms with Gasteiger partial charge in [-0.2, -0.15) is 13.2 Å². The molecular formula is C16H22F4N2O. The summed E-state index contributed by atoms with van der Waals surface area (Å²) in [5, 5.41) is 12.9. The van der Waals surface area contributed by atoms with Gasteiger partial charge in [-0.3, -0.25) is 4.90 Å². The number of aliphatic hydroxyl groups is 1. The van der Waals surface area contributed by atoms with E-state index in [0.717, 1.165) is 18.2 Å². The summed E-state index contributed by atoms with van der Waals surface area (Å²) >= 11 is 0. The molecule has 0 amide bonds. The third kappa shape index (κ3) is 4.02. The van der Waals surface area contributed by atoms with E-state index >= 15 is 0 Å². The second-order valence-electron chi connectivity index (χ2n) is 6.57. The van der Waals surface area contributed by atoms with E-state index in [4.69, 9.17) is 0 Å². The number of alkyl halides is 3. The molecular weight excluding hydrogens is 312 g/mol. The lowest BCUT2D eigenvalue weighted by Crippen LogP contribution is -2.49. The minimum absolute atomic E-state index is 0.0132. The second kappa shape index (κ2) is 6.75. The van der Waals surface area contributed by atoms with Crippen molar-refractivity contribution in [1.82, 2.24) is 10.2 Å². The molecule has 1 saturated heterocycles. The molecule has 1 atom stereocenters. The molecule has 0 bridgehead atoms. The highest BCUT2D eigenvalue weighted by atomic mass is 19.4. The van der Waals surface area contributed by atoms with Gasteiger partial charge in [0.05, 0.1) is 5.56 Å². The van der Waals surface area contributed by atoms with Gasteiger partial charge in [0.15, 0.2) is 0 Å². The van der Waals surface area contributed by atoms with Crippen LogP contribution in [0.3, 0.4) is 0 Å². The normalized spacial score (nSPS) is 18.9. The number of hydrogen-bond donors (Lipinski definition) is 2. The Morgan fingerprint density at radius 1 is 1.22 bits per heavy atom. The highest BCUT2D eigenvalue weighted by Gasteiger charge is 2.39. The maximum Gasteiger partial charge on any atom is 0.416 e. The van der Waals surface area contributed by atoms with Crippen LogP contribution in [0.2, 0.25) is 0 Å². The van der Waals surface area contributed by atoms with Crippen molar-refractivity contribution in [3.63, 3.8) is 0 Å². The van der Waals surface area contributed by atoms with E-state index in [1.165, 1.54) is 0 Å². The van der Waals surface area contributed by atoms with Crippen LogP contribution in [0.15, 0.2) is 18.2 Å². The van der Waals surface area contributed by atoms with Gasteiger partial charge in [0.25, 0.3) is 0 Å². The number of halogens is 4. The fourth-order valence-electron chi connectivity index (χ4n) is 3.07. The van der Waals surface area contributed by atoms with E-state index in [0.29, 0.717) is 26.2 Å². The average Bonchev–Trinajstić information content (AvgIpc) is 2.49. The van der Waals surface area contributed by atoms with E-state index < -0.39 is 29.0 Å². The molecule has 23 heavy (non-hydrogen) atoms. The number of nitrogens with one attached hydrogen (secondary N) is 1. The first-order valence-corrected chi connectivity index (χ1v) is 7.59. The third-order valence-corrected chi connectivity index (χ3v) is 4.28. The zero-order chi connectivity index (χ0) is 17.3. The zero-order valence-corrected chi connectivity index (χ0v) is 13.3. The van der Waals surface area contributed by atoms with Crippen LogP contribution in [0.25, 0.3) is 0 Å². The van der Waals surface area contributed by atoms with Crippen LogP contribution in [0.1, 0.15) is 31.0 Å². The molecule has 1 fully saturated rings. The Morgan fingerprint density at radius 3 is 2.35 bits per heavy atom. The summed E-state index contributed by atoms with van der Waals surface area (Å²) in [5.74, 6) is -0.678. The predicted molar refractivity (Wildman–Crippen MR) is 79.5 cm³/mol. The quantitative estimate of drug-likeness (QED) is 0.831. The van der Waals surface area contributed by atoms with Crippen LogP contribution in [-0.4, -0.2) is 42.8 Å². The van der Waals surface area contributed by atoms with Crippen molar-refractivity contribution in [1.29, 1.82) is 0 Å². The molecule has 1 aromatic carbocycles. The Kier molecular flexibility index (Phi) is 5.33.